The van der Waals surface area contributed by atoms with E-state index in [2.05, 4.69) is 10.3 Å². The number of hydrogen-bond acceptors (Lipinski definition) is 3. The number of nitrogens with zero attached hydrogens (tertiary/aromatic N) is 2. The predicted octanol–water partition coefficient (Wildman–Crippen LogP) is 3.24. The van der Waals surface area contributed by atoms with Crippen molar-refractivity contribution in [3.63, 3.8) is 0 Å². The lowest BCUT2D eigenvalue weighted by atomic mass is 10.3. The SMILES string of the molecule is O=c1cc(CNc2cc(F)ccc2F)nc2ccc(Cl)cn12. The molecule has 3 rings (SSSR count). The Hall–Kier alpha value is -2.47. The van der Waals surface area contributed by atoms with Gasteiger partial charge in [-0.25, -0.2) is 13.8 Å². The van der Waals surface area contributed by atoms with E-state index in [0.29, 0.717) is 16.4 Å². The van der Waals surface area contributed by atoms with E-state index in [9.17, 15) is 13.6 Å². The molecule has 0 spiro atoms. The highest BCUT2D eigenvalue weighted by Crippen LogP contribution is 2.16. The van der Waals surface area contributed by atoms with Crippen molar-refractivity contribution in [3.05, 3.63) is 75.3 Å². The first kappa shape index (κ1) is 14.5. The zero-order valence-electron chi connectivity index (χ0n) is 11.2. The Kier molecular flexibility index (Phi) is 3.77. The largest absolute Gasteiger partial charge is 0.377 e. The van der Waals surface area contributed by atoms with Crippen LogP contribution in [0.25, 0.3) is 5.65 Å². The van der Waals surface area contributed by atoms with Crippen molar-refractivity contribution in [2.75, 3.05) is 5.32 Å². The molecule has 0 fully saturated rings. The molecule has 0 bridgehead atoms. The van der Waals surface area contributed by atoms with Crippen molar-refractivity contribution in [2.24, 2.45) is 0 Å². The Balaban J connectivity index is 1.90. The quantitative estimate of drug-likeness (QED) is 0.805. The van der Waals surface area contributed by atoms with Crippen molar-refractivity contribution < 1.29 is 8.78 Å². The van der Waals surface area contributed by atoms with Crippen LogP contribution in [0, 0.1) is 11.6 Å². The topological polar surface area (TPSA) is 46.4 Å². The second-order valence-corrected chi connectivity index (χ2v) is 5.08. The van der Waals surface area contributed by atoms with Gasteiger partial charge in [-0.05, 0) is 30.3 Å². The summed E-state index contributed by atoms with van der Waals surface area (Å²) in [7, 11) is 0. The molecule has 0 saturated heterocycles. The average molecular weight is 322 g/mol. The van der Waals surface area contributed by atoms with Gasteiger partial charge >= 0.3 is 0 Å². The van der Waals surface area contributed by atoms with E-state index in [-0.39, 0.29) is 17.8 Å². The van der Waals surface area contributed by atoms with Crippen molar-refractivity contribution in [2.45, 2.75) is 6.54 Å². The number of rotatable bonds is 3. The zero-order valence-corrected chi connectivity index (χ0v) is 11.9. The first-order valence-electron chi connectivity index (χ1n) is 6.40. The molecule has 2 heterocycles. The van der Waals surface area contributed by atoms with Gasteiger partial charge in [-0.15, -0.1) is 0 Å². The van der Waals surface area contributed by atoms with E-state index in [4.69, 9.17) is 11.6 Å². The molecule has 0 aliphatic carbocycles. The number of anilines is 1. The lowest BCUT2D eigenvalue weighted by Crippen LogP contribution is -2.16. The van der Waals surface area contributed by atoms with Crippen LogP contribution in [-0.2, 0) is 6.54 Å². The van der Waals surface area contributed by atoms with Crippen LogP contribution in [0.3, 0.4) is 0 Å². The third-order valence-electron chi connectivity index (χ3n) is 3.06. The van der Waals surface area contributed by atoms with Crippen LogP contribution < -0.4 is 10.9 Å². The summed E-state index contributed by atoms with van der Waals surface area (Å²) in [6.45, 7) is 0.0920. The number of pyridine rings is 1. The number of benzene rings is 1. The number of aromatic nitrogens is 2. The summed E-state index contributed by atoms with van der Waals surface area (Å²) in [5, 5.41) is 3.14. The third-order valence-corrected chi connectivity index (χ3v) is 3.29. The van der Waals surface area contributed by atoms with Crippen LogP contribution in [0.15, 0.2) is 47.4 Å². The molecular formula is C15H10ClF2N3O. The summed E-state index contributed by atoms with van der Waals surface area (Å²) < 4.78 is 27.9. The number of halogens is 3. The van der Waals surface area contributed by atoms with Crippen molar-refractivity contribution in [1.82, 2.24) is 9.38 Å². The Labute approximate surface area is 129 Å². The van der Waals surface area contributed by atoms with Crippen LogP contribution in [0.1, 0.15) is 5.69 Å². The maximum Gasteiger partial charge on any atom is 0.258 e. The van der Waals surface area contributed by atoms with Crippen molar-refractivity contribution >= 4 is 22.9 Å². The molecule has 0 radical (unpaired) electrons. The highest BCUT2D eigenvalue weighted by Gasteiger charge is 2.06. The molecule has 112 valence electrons. The monoisotopic (exact) mass is 321 g/mol. The zero-order chi connectivity index (χ0) is 15.7. The summed E-state index contributed by atoms with van der Waals surface area (Å²) in [5.41, 5.74) is 0.548. The summed E-state index contributed by atoms with van der Waals surface area (Å²) >= 11 is 5.83. The Morgan fingerprint density at radius 1 is 1.18 bits per heavy atom. The maximum absolute atomic E-state index is 13.5. The molecule has 22 heavy (non-hydrogen) atoms. The first-order chi connectivity index (χ1) is 10.5. The van der Waals surface area contributed by atoms with Gasteiger partial charge < -0.3 is 5.32 Å². The second kappa shape index (κ2) is 5.73. The summed E-state index contributed by atoms with van der Waals surface area (Å²) in [6, 6.07) is 7.65. The van der Waals surface area contributed by atoms with Crippen LogP contribution in [0.5, 0.6) is 0 Å². The van der Waals surface area contributed by atoms with Crippen LogP contribution in [-0.4, -0.2) is 9.38 Å². The standard InChI is InChI=1S/C15H10ClF2N3O/c16-9-1-4-14-20-11(6-15(22)21(14)8-9)7-19-13-5-10(17)2-3-12(13)18/h1-6,8,19H,7H2. The number of hydrogen-bond donors (Lipinski definition) is 1. The van der Waals surface area contributed by atoms with E-state index in [1.54, 1.807) is 12.1 Å². The lowest BCUT2D eigenvalue weighted by molar-refractivity contribution is 0.602. The van der Waals surface area contributed by atoms with Gasteiger partial charge in [0, 0.05) is 12.3 Å². The average Bonchev–Trinajstić information content (AvgIpc) is 2.49. The van der Waals surface area contributed by atoms with E-state index in [1.807, 2.05) is 0 Å². The van der Waals surface area contributed by atoms with E-state index in [0.717, 1.165) is 18.2 Å². The fraction of sp³-hybridized carbons (Fsp3) is 0.0667. The molecule has 0 aliphatic rings. The number of fused-ring (bicyclic) bond motifs is 1. The molecule has 0 aliphatic heterocycles. The summed E-state index contributed by atoms with van der Waals surface area (Å²) in [4.78, 5) is 16.3. The van der Waals surface area contributed by atoms with Crippen LogP contribution >= 0.6 is 11.6 Å². The molecule has 2 aromatic heterocycles. The summed E-state index contributed by atoms with van der Waals surface area (Å²) in [5.74, 6) is -1.13. The smallest absolute Gasteiger partial charge is 0.258 e. The first-order valence-corrected chi connectivity index (χ1v) is 6.77. The lowest BCUT2D eigenvalue weighted by Gasteiger charge is -2.08. The molecule has 4 nitrogen and oxygen atoms in total. The van der Waals surface area contributed by atoms with Gasteiger partial charge in [0.2, 0.25) is 0 Å². The second-order valence-electron chi connectivity index (χ2n) is 4.64. The number of nitrogens with one attached hydrogen (secondary N) is 1. The highest BCUT2D eigenvalue weighted by molar-refractivity contribution is 6.30. The minimum Gasteiger partial charge on any atom is -0.377 e. The van der Waals surface area contributed by atoms with Gasteiger partial charge in [-0.2, -0.15) is 0 Å². The van der Waals surface area contributed by atoms with E-state index >= 15 is 0 Å². The Morgan fingerprint density at radius 2 is 2.00 bits per heavy atom. The van der Waals surface area contributed by atoms with Gasteiger partial charge in [0.05, 0.1) is 22.9 Å². The molecule has 0 saturated carbocycles. The fourth-order valence-corrected chi connectivity index (χ4v) is 2.20. The Morgan fingerprint density at radius 3 is 2.82 bits per heavy atom. The van der Waals surface area contributed by atoms with Gasteiger partial charge in [0.15, 0.2) is 0 Å². The normalized spacial score (nSPS) is 10.9. The van der Waals surface area contributed by atoms with Crippen molar-refractivity contribution in [1.29, 1.82) is 0 Å². The van der Waals surface area contributed by atoms with Crippen LogP contribution in [0.2, 0.25) is 5.02 Å². The predicted molar refractivity (Wildman–Crippen MR) is 80.2 cm³/mol. The fourth-order valence-electron chi connectivity index (χ4n) is 2.04. The molecular weight excluding hydrogens is 312 g/mol. The van der Waals surface area contributed by atoms with Gasteiger partial charge in [0.25, 0.3) is 5.56 Å². The summed E-state index contributed by atoms with van der Waals surface area (Å²) in [6.07, 6.45) is 1.47. The Bertz CT molecular complexity index is 911. The van der Waals surface area contributed by atoms with Gasteiger partial charge in [0.1, 0.15) is 17.3 Å². The molecule has 0 amide bonds. The molecule has 7 heteroatoms. The van der Waals surface area contributed by atoms with Crippen molar-refractivity contribution in [3.8, 4) is 0 Å². The molecule has 3 aromatic rings. The molecule has 0 unspecified atom stereocenters. The maximum atomic E-state index is 13.5. The molecule has 0 atom stereocenters. The van der Waals surface area contributed by atoms with E-state index in [1.165, 1.54) is 16.7 Å². The van der Waals surface area contributed by atoms with Gasteiger partial charge in [-0.3, -0.25) is 9.20 Å². The highest BCUT2D eigenvalue weighted by atomic mass is 35.5. The molecule has 1 aromatic carbocycles. The van der Waals surface area contributed by atoms with Gasteiger partial charge in [-0.1, -0.05) is 11.6 Å². The minimum atomic E-state index is -0.578. The van der Waals surface area contributed by atoms with E-state index < -0.39 is 11.6 Å². The third kappa shape index (κ3) is 2.92. The molecule has 1 N–H and O–H groups in total. The minimum absolute atomic E-state index is 0.0121. The van der Waals surface area contributed by atoms with Crippen LogP contribution in [0.4, 0.5) is 14.5 Å².